The molecule has 0 unspecified atom stereocenters. The maximum absolute atomic E-state index is 4.12. The highest BCUT2D eigenvalue weighted by molar-refractivity contribution is 5.49. The van der Waals surface area contributed by atoms with Gasteiger partial charge >= 0.3 is 0 Å². The van der Waals surface area contributed by atoms with Crippen LogP contribution in [0.4, 0.5) is 5.69 Å². The van der Waals surface area contributed by atoms with E-state index in [9.17, 15) is 0 Å². The van der Waals surface area contributed by atoms with Crippen molar-refractivity contribution in [1.29, 1.82) is 0 Å². The van der Waals surface area contributed by atoms with Crippen molar-refractivity contribution in [2.45, 2.75) is 13.6 Å². The largest absolute Gasteiger partial charge is 0.366 e. The van der Waals surface area contributed by atoms with Crippen molar-refractivity contribution in [3.8, 4) is 0 Å². The number of para-hydroxylation sites is 1. The first kappa shape index (κ1) is 8.81. The van der Waals surface area contributed by atoms with Crippen LogP contribution < -0.4 is 5.32 Å². The van der Waals surface area contributed by atoms with E-state index in [-0.39, 0.29) is 0 Å². The van der Waals surface area contributed by atoms with Gasteiger partial charge in [0.2, 0.25) is 0 Å². The second-order valence-electron chi connectivity index (χ2n) is 3.20. The maximum atomic E-state index is 4.12. The van der Waals surface area contributed by atoms with E-state index >= 15 is 0 Å². The first-order chi connectivity index (χ1) is 6.86. The van der Waals surface area contributed by atoms with Crippen LogP contribution in [0.15, 0.2) is 42.7 Å². The van der Waals surface area contributed by atoms with E-state index in [0.717, 1.165) is 5.69 Å². The summed E-state index contributed by atoms with van der Waals surface area (Å²) in [5.41, 5.74) is 2.41. The topological polar surface area (TPSA) is 29.9 Å². The highest BCUT2D eigenvalue weighted by Gasteiger charge is 1.95. The summed E-state index contributed by atoms with van der Waals surface area (Å²) >= 11 is 0. The van der Waals surface area contributed by atoms with Crippen molar-refractivity contribution in [3.05, 3.63) is 48.3 Å². The lowest BCUT2D eigenvalue weighted by atomic mass is 10.2. The molecule has 0 fully saturated rings. The molecule has 1 N–H and O–H groups in total. The van der Waals surface area contributed by atoms with E-state index in [1.54, 1.807) is 6.20 Å². The van der Waals surface area contributed by atoms with Gasteiger partial charge in [-0.05, 0) is 24.6 Å². The Kier molecular flexibility index (Phi) is 2.49. The molecule has 0 aliphatic heterocycles. The van der Waals surface area contributed by atoms with Crippen LogP contribution in [-0.2, 0) is 6.67 Å². The molecule has 72 valence electrons. The average Bonchev–Trinajstić information content (AvgIpc) is 2.69. The Labute approximate surface area is 83.4 Å². The quantitative estimate of drug-likeness (QED) is 0.798. The highest BCUT2D eigenvalue weighted by Crippen LogP contribution is 2.12. The molecule has 3 nitrogen and oxygen atoms in total. The van der Waals surface area contributed by atoms with Gasteiger partial charge in [-0.2, -0.15) is 5.10 Å². The van der Waals surface area contributed by atoms with Gasteiger partial charge in [0.1, 0.15) is 6.67 Å². The fourth-order valence-corrected chi connectivity index (χ4v) is 1.33. The minimum absolute atomic E-state index is 0.706. The third-order valence-electron chi connectivity index (χ3n) is 2.14. The molecule has 0 saturated heterocycles. The van der Waals surface area contributed by atoms with Gasteiger partial charge in [0, 0.05) is 18.1 Å². The molecule has 1 heterocycles. The molecule has 0 amide bonds. The number of aromatic nitrogens is 2. The molecule has 1 aromatic heterocycles. The number of benzene rings is 1. The summed E-state index contributed by atoms with van der Waals surface area (Å²) in [5, 5.41) is 7.43. The summed E-state index contributed by atoms with van der Waals surface area (Å²) in [6.07, 6.45) is 3.71. The minimum Gasteiger partial charge on any atom is -0.366 e. The lowest BCUT2D eigenvalue weighted by molar-refractivity contribution is 0.670. The number of rotatable bonds is 3. The fourth-order valence-electron chi connectivity index (χ4n) is 1.33. The lowest BCUT2D eigenvalue weighted by Crippen LogP contribution is -2.08. The Balaban J connectivity index is 2.02. The van der Waals surface area contributed by atoms with Gasteiger partial charge in [0.15, 0.2) is 0 Å². The van der Waals surface area contributed by atoms with Crippen molar-refractivity contribution in [3.63, 3.8) is 0 Å². The van der Waals surface area contributed by atoms with Gasteiger partial charge in [-0.3, -0.25) is 4.68 Å². The highest BCUT2D eigenvalue weighted by atomic mass is 15.3. The zero-order valence-electron chi connectivity index (χ0n) is 8.14. The van der Waals surface area contributed by atoms with Gasteiger partial charge in [-0.1, -0.05) is 18.2 Å². The van der Waals surface area contributed by atoms with E-state index < -0.39 is 0 Å². The van der Waals surface area contributed by atoms with Crippen molar-refractivity contribution in [2.75, 3.05) is 5.32 Å². The van der Waals surface area contributed by atoms with Crippen molar-refractivity contribution >= 4 is 5.69 Å². The Morgan fingerprint density at radius 2 is 2.14 bits per heavy atom. The van der Waals surface area contributed by atoms with Crippen LogP contribution in [-0.4, -0.2) is 9.78 Å². The van der Waals surface area contributed by atoms with Crippen molar-refractivity contribution in [1.82, 2.24) is 9.78 Å². The normalized spacial score (nSPS) is 10.1. The molecular formula is C11H13N3. The van der Waals surface area contributed by atoms with E-state index in [4.69, 9.17) is 0 Å². The molecule has 0 aliphatic rings. The number of nitrogens with one attached hydrogen (secondary N) is 1. The standard InChI is InChI=1S/C11H13N3/c1-10-5-2-3-6-11(10)12-9-14-8-4-7-13-14/h2-8,12H,9H2,1H3. The number of hydrogen-bond donors (Lipinski definition) is 1. The summed E-state index contributed by atoms with van der Waals surface area (Å²) in [5.74, 6) is 0. The van der Waals surface area contributed by atoms with Crippen LogP contribution >= 0.6 is 0 Å². The van der Waals surface area contributed by atoms with Crippen LogP contribution in [0, 0.1) is 6.92 Å². The summed E-state index contributed by atoms with van der Waals surface area (Å²) < 4.78 is 1.85. The number of anilines is 1. The van der Waals surface area contributed by atoms with Gasteiger partial charge in [0.05, 0.1) is 0 Å². The van der Waals surface area contributed by atoms with E-state index in [1.807, 2.05) is 29.1 Å². The number of aryl methyl sites for hydroxylation is 1. The van der Waals surface area contributed by atoms with Crippen molar-refractivity contribution in [2.24, 2.45) is 0 Å². The molecule has 0 saturated carbocycles. The maximum Gasteiger partial charge on any atom is 0.109 e. The van der Waals surface area contributed by atoms with Gasteiger partial charge in [0.25, 0.3) is 0 Å². The Bertz CT molecular complexity index is 393. The smallest absolute Gasteiger partial charge is 0.109 e. The van der Waals surface area contributed by atoms with Crippen LogP contribution in [0.1, 0.15) is 5.56 Å². The van der Waals surface area contributed by atoms with Crippen LogP contribution in [0.2, 0.25) is 0 Å². The van der Waals surface area contributed by atoms with E-state index in [2.05, 4.69) is 29.5 Å². The average molecular weight is 187 g/mol. The Morgan fingerprint density at radius 1 is 1.29 bits per heavy atom. The van der Waals surface area contributed by atoms with Gasteiger partial charge in [-0.25, -0.2) is 0 Å². The van der Waals surface area contributed by atoms with E-state index in [1.165, 1.54) is 5.56 Å². The molecule has 0 radical (unpaired) electrons. The van der Waals surface area contributed by atoms with Crippen molar-refractivity contribution < 1.29 is 0 Å². The SMILES string of the molecule is Cc1ccccc1NCn1cccn1. The first-order valence-electron chi connectivity index (χ1n) is 4.63. The molecule has 0 atom stereocenters. The van der Waals surface area contributed by atoms with Crippen LogP contribution in [0.3, 0.4) is 0 Å². The number of nitrogens with zero attached hydrogens (tertiary/aromatic N) is 2. The molecule has 3 heteroatoms. The second kappa shape index (κ2) is 3.96. The Hall–Kier alpha value is -1.77. The molecule has 2 rings (SSSR count). The number of hydrogen-bond acceptors (Lipinski definition) is 2. The molecule has 14 heavy (non-hydrogen) atoms. The Morgan fingerprint density at radius 3 is 2.86 bits per heavy atom. The summed E-state index contributed by atoms with van der Waals surface area (Å²) in [7, 11) is 0. The van der Waals surface area contributed by atoms with Gasteiger partial charge < -0.3 is 5.32 Å². The second-order valence-corrected chi connectivity index (χ2v) is 3.20. The van der Waals surface area contributed by atoms with Gasteiger partial charge in [-0.15, -0.1) is 0 Å². The molecule has 0 spiro atoms. The lowest BCUT2D eigenvalue weighted by Gasteiger charge is -2.08. The molecule has 0 bridgehead atoms. The zero-order valence-corrected chi connectivity index (χ0v) is 8.14. The predicted octanol–water partition coefficient (Wildman–Crippen LogP) is 2.26. The minimum atomic E-state index is 0.706. The summed E-state index contributed by atoms with van der Waals surface area (Å²) in [6, 6.07) is 10.1. The molecular weight excluding hydrogens is 174 g/mol. The third-order valence-corrected chi connectivity index (χ3v) is 2.14. The molecule has 2 aromatic rings. The molecule has 1 aromatic carbocycles. The van der Waals surface area contributed by atoms with E-state index in [0.29, 0.717) is 6.67 Å². The van der Waals surface area contributed by atoms with Crippen LogP contribution in [0.5, 0.6) is 0 Å². The fraction of sp³-hybridized carbons (Fsp3) is 0.182. The monoisotopic (exact) mass is 187 g/mol. The molecule has 0 aliphatic carbocycles. The first-order valence-corrected chi connectivity index (χ1v) is 4.63. The zero-order chi connectivity index (χ0) is 9.80. The van der Waals surface area contributed by atoms with Crippen LogP contribution in [0.25, 0.3) is 0 Å². The third kappa shape index (κ3) is 1.93. The summed E-state index contributed by atoms with van der Waals surface area (Å²) in [4.78, 5) is 0. The predicted molar refractivity (Wildman–Crippen MR) is 57.0 cm³/mol. The summed E-state index contributed by atoms with van der Waals surface area (Å²) in [6.45, 7) is 2.79.